The second-order valence-electron chi connectivity index (χ2n) is 6.85. The highest BCUT2D eigenvalue weighted by Crippen LogP contribution is 2.30. The van der Waals surface area contributed by atoms with E-state index in [0.29, 0.717) is 5.13 Å². The van der Waals surface area contributed by atoms with Crippen molar-refractivity contribution in [1.29, 1.82) is 0 Å². The van der Waals surface area contributed by atoms with Crippen molar-refractivity contribution >= 4 is 38.8 Å². The molecule has 4 aromatic rings. The number of hydrazone groups is 1. The van der Waals surface area contributed by atoms with Crippen LogP contribution >= 0.6 is 11.3 Å². The molecule has 3 aromatic carbocycles. The van der Waals surface area contributed by atoms with E-state index in [0.717, 1.165) is 32.7 Å². The summed E-state index contributed by atoms with van der Waals surface area (Å²) in [4.78, 5) is 17.8. The smallest absolute Gasteiger partial charge is 0.253 e. The summed E-state index contributed by atoms with van der Waals surface area (Å²) in [6.45, 7) is 2.04. The maximum absolute atomic E-state index is 13.1. The van der Waals surface area contributed by atoms with Crippen LogP contribution < -0.4 is 9.75 Å². The summed E-state index contributed by atoms with van der Waals surface area (Å²) in [5, 5.41) is 6.46. The highest BCUT2D eigenvalue weighted by Gasteiger charge is 2.19. The van der Waals surface area contributed by atoms with Gasteiger partial charge in [0.15, 0.2) is 0 Å². The van der Waals surface area contributed by atoms with Gasteiger partial charge in [0.25, 0.3) is 5.91 Å². The number of amides is 1. The van der Waals surface area contributed by atoms with Gasteiger partial charge in [0.1, 0.15) is 5.75 Å². The average molecular weight is 416 g/mol. The fraction of sp³-hybridized carbons (Fsp3) is 0.125. The SMILES string of the molecule is COc1ccc(/C=N/N(C(=O)Cc2ccccc2)c2nc3ccc(C)cc3s2)cc1. The Labute approximate surface area is 179 Å². The number of rotatable bonds is 6. The Morgan fingerprint density at radius 1 is 1.10 bits per heavy atom. The first-order valence-corrected chi connectivity index (χ1v) is 10.4. The molecule has 0 N–H and O–H groups in total. The zero-order valence-electron chi connectivity index (χ0n) is 16.8. The summed E-state index contributed by atoms with van der Waals surface area (Å²) >= 11 is 1.46. The quantitative estimate of drug-likeness (QED) is 0.320. The molecule has 0 spiro atoms. The van der Waals surface area contributed by atoms with E-state index in [1.165, 1.54) is 16.3 Å². The molecule has 30 heavy (non-hydrogen) atoms. The van der Waals surface area contributed by atoms with Crippen molar-refractivity contribution in [1.82, 2.24) is 4.98 Å². The predicted molar refractivity (Wildman–Crippen MR) is 123 cm³/mol. The number of nitrogens with zero attached hydrogens (tertiary/aromatic N) is 3. The Bertz CT molecular complexity index is 1180. The lowest BCUT2D eigenvalue weighted by atomic mass is 10.1. The van der Waals surface area contributed by atoms with Gasteiger partial charge >= 0.3 is 0 Å². The van der Waals surface area contributed by atoms with Gasteiger partial charge in [-0.1, -0.05) is 47.7 Å². The molecule has 1 amide bonds. The zero-order chi connectivity index (χ0) is 20.9. The Kier molecular flexibility index (Phi) is 5.86. The number of benzene rings is 3. The normalized spacial score (nSPS) is 11.1. The molecule has 0 unspecified atom stereocenters. The lowest BCUT2D eigenvalue weighted by Gasteiger charge is -2.14. The number of carbonyl (C=O) groups is 1. The maximum Gasteiger partial charge on any atom is 0.253 e. The van der Waals surface area contributed by atoms with Gasteiger partial charge in [0.05, 0.1) is 30.0 Å². The fourth-order valence-corrected chi connectivity index (χ4v) is 4.03. The second kappa shape index (κ2) is 8.88. The molecule has 0 saturated heterocycles. The van der Waals surface area contributed by atoms with Crippen molar-refractivity contribution in [2.45, 2.75) is 13.3 Å². The molecule has 0 radical (unpaired) electrons. The minimum atomic E-state index is -0.137. The number of anilines is 1. The molecule has 6 heteroatoms. The number of aryl methyl sites for hydroxylation is 1. The molecule has 0 fully saturated rings. The summed E-state index contributed by atoms with van der Waals surface area (Å²) in [6, 6.07) is 23.2. The molecule has 1 heterocycles. The van der Waals surface area contributed by atoms with E-state index in [1.807, 2.05) is 73.7 Å². The van der Waals surface area contributed by atoms with Crippen LogP contribution in [0.2, 0.25) is 0 Å². The van der Waals surface area contributed by atoms with Gasteiger partial charge in [0.2, 0.25) is 5.13 Å². The van der Waals surface area contributed by atoms with Crippen molar-refractivity contribution in [3.05, 3.63) is 89.5 Å². The third-order valence-electron chi connectivity index (χ3n) is 4.59. The molecular weight excluding hydrogens is 394 g/mol. The summed E-state index contributed by atoms with van der Waals surface area (Å²) in [5.41, 5.74) is 3.81. The van der Waals surface area contributed by atoms with E-state index < -0.39 is 0 Å². The fourth-order valence-electron chi connectivity index (χ4n) is 2.99. The number of ether oxygens (including phenoxy) is 1. The minimum absolute atomic E-state index is 0.137. The van der Waals surface area contributed by atoms with Crippen molar-refractivity contribution < 1.29 is 9.53 Å². The summed E-state index contributed by atoms with van der Waals surface area (Å²) in [7, 11) is 1.63. The second-order valence-corrected chi connectivity index (χ2v) is 7.86. The molecule has 0 aliphatic carbocycles. The van der Waals surface area contributed by atoms with Crippen LogP contribution in [0.5, 0.6) is 5.75 Å². The number of hydrogen-bond acceptors (Lipinski definition) is 5. The number of methoxy groups -OCH3 is 1. The van der Waals surface area contributed by atoms with Crippen LogP contribution in [0.15, 0.2) is 77.9 Å². The molecule has 0 aliphatic heterocycles. The largest absolute Gasteiger partial charge is 0.497 e. The minimum Gasteiger partial charge on any atom is -0.497 e. The van der Waals surface area contributed by atoms with Crippen molar-refractivity contribution in [3.63, 3.8) is 0 Å². The van der Waals surface area contributed by atoms with E-state index in [4.69, 9.17) is 4.74 Å². The average Bonchev–Trinajstić information content (AvgIpc) is 3.17. The van der Waals surface area contributed by atoms with Crippen molar-refractivity contribution in [2.24, 2.45) is 5.10 Å². The van der Waals surface area contributed by atoms with Gasteiger partial charge in [-0.2, -0.15) is 10.1 Å². The maximum atomic E-state index is 13.1. The third-order valence-corrected chi connectivity index (χ3v) is 5.58. The standard InChI is InChI=1S/C24H21N3O2S/c1-17-8-13-21-22(14-17)30-24(26-21)27(23(28)15-18-6-4-3-5-7-18)25-16-19-9-11-20(29-2)12-10-19/h3-14,16H,15H2,1-2H3/b25-16+. The highest BCUT2D eigenvalue weighted by molar-refractivity contribution is 7.22. The molecule has 0 bridgehead atoms. The predicted octanol–water partition coefficient (Wildman–Crippen LogP) is 5.22. The zero-order valence-corrected chi connectivity index (χ0v) is 17.6. The van der Waals surface area contributed by atoms with Crippen molar-refractivity contribution in [2.75, 3.05) is 12.1 Å². The highest BCUT2D eigenvalue weighted by atomic mass is 32.1. The molecule has 150 valence electrons. The Hall–Kier alpha value is -3.51. The molecule has 4 rings (SSSR count). The van der Waals surface area contributed by atoms with E-state index in [2.05, 4.69) is 16.2 Å². The van der Waals surface area contributed by atoms with E-state index in [-0.39, 0.29) is 12.3 Å². The number of thiazole rings is 1. The van der Waals surface area contributed by atoms with Crippen molar-refractivity contribution in [3.8, 4) is 5.75 Å². The number of aromatic nitrogens is 1. The Morgan fingerprint density at radius 3 is 2.60 bits per heavy atom. The molecule has 1 aromatic heterocycles. The van der Waals surface area contributed by atoms with Gasteiger partial charge in [0, 0.05) is 0 Å². The topological polar surface area (TPSA) is 54.8 Å². The third kappa shape index (κ3) is 4.55. The van der Waals surface area contributed by atoms with Crippen LogP contribution in [-0.4, -0.2) is 24.2 Å². The molecule has 0 saturated carbocycles. The van der Waals surface area contributed by atoms with E-state index >= 15 is 0 Å². The molecule has 0 aliphatic rings. The van der Waals surface area contributed by atoms with Gasteiger partial charge in [-0.3, -0.25) is 4.79 Å². The number of fused-ring (bicyclic) bond motifs is 1. The van der Waals surface area contributed by atoms with E-state index in [9.17, 15) is 4.79 Å². The summed E-state index contributed by atoms with van der Waals surface area (Å²) in [5.74, 6) is 0.632. The van der Waals surface area contributed by atoms with Crippen LogP contribution in [0.3, 0.4) is 0 Å². The lowest BCUT2D eigenvalue weighted by molar-refractivity contribution is -0.118. The first-order chi connectivity index (χ1) is 14.6. The van der Waals surface area contributed by atoms with Gasteiger partial charge in [-0.25, -0.2) is 4.98 Å². The van der Waals surface area contributed by atoms with Gasteiger partial charge < -0.3 is 4.74 Å². The van der Waals surface area contributed by atoms with Crippen LogP contribution in [-0.2, 0) is 11.2 Å². The van der Waals surface area contributed by atoms with E-state index in [1.54, 1.807) is 13.3 Å². The van der Waals surface area contributed by atoms with Crippen LogP contribution in [0, 0.1) is 6.92 Å². The summed E-state index contributed by atoms with van der Waals surface area (Å²) in [6.07, 6.45) is 1.91. The lowest BCUT2D eigenvalue weighted by Crippen LogP contribution is -2.27. The molecule has 5 nitrogen and oxygen atoms in total. The van der Waals surface area contributed by atoms with Crippen LogP contribution in [0.4, 0.5) is 5.13 Å². The van der Waals surface area contributed by atoms with Crippen LogP contribution in [0.1, 0.15) is 16.7 Å². The molecular formula is C24H21N3O2S. The first kappa shape index (κ1) is 19.8. The Balaban J connectivity index is 1.67. The van der Waals surface area contributed by atoms with Gasteiger partial charge in [-0.15, -0.1) is 0 Å². The molecule has 0 atom stereocenters. The number of carbonyl (C=O) groups excluding carboxylic acids is 1. The number of hydrogen-bond donors (Lipinski definition) is 0. The first-order valence-electron chi connectivity index (χ1n) is 9.54. The van der Waals surface area contributed by atoms with Crippen LogP contribution in [0.25, 0.3) is 10.2 Å². The van der Waals surface area contributed by atoms with Gasteiger partial charge in [-0.05, 0) is 60.0 Å². The summed E-state index contributed by atoms with van der Waals surface area (Å²) < 4.78 is 6.22. The Morgan fingerprint density at radius 2 is 1.87 bits per heavy atom. The monoisotopic (exact) mass is 415 g/mol.